The van der Waals surface area contributed by atoms with Gasteiger partial charge in [0.15, 0.2) is 0 Å². The highest BCUT2D eigenvalue weighted by Crippen LogP contribution is 2.37. The molecule has 3 rings (SSSR count). The molecule has 6 nitrogen and oxygen atoms in total. The lowest BCUT2D eigenvalue weighted by Crippen LogP contribution is -2.41. The molecule has 8 heteroatoms. The molecule has 27 heavy (non-hydrogen) atoms. The molecule has 1 aliphatic heterocycles. The number of carbonyl (C=O) groups excluding carboxylic acids is 1. The van der Waals surface area contributed by atoms with Gasteiger partial charge in [-0.25, -0.2) is 13.9 Å². The maximum atomic E-state index is 14.2. The maximum absolute atomic E-state index is 14.2. The monoisotopic (exact) mass is 374 g/mol. The van der Waals surface area contributed by atoms with Crippen molar-refractivity contribution in [1.29, 1.82) is 0 Å². The van der Waals surface area contributed by atoms with Crippen molar-refractivity contribution in [3.63, 3.8) is 0 Å². The number of benzene rings is 1. The quantitative estimate of drug-likeness (QED) is 0.608. The average Bonchev–Trinajstić information content (AvgIpc) is 3.10. The Labute approximate surface area is 158 Å². The Kier molecular flexibility index (Phi) is 4.90. The van der Waals surface area contributed by atoms with Crippen LogP contribution in [0.1, 0.15) is 50.5 Å². The number of hydrogen-bond donors (Lipinski definition) is 0. The number of hydrogen-bond acceptors (Lipinski definition) is 5. The van der Waals surface area contributed by atoms with Crippen LogP contribution in [0.25, 0.3) is 5.69 Å². The molecule has 2 heterocycles. The fourth-order valence-electron chi connectivity index (χ4n) is 2.99. The Morgan fingerprint density at radius 3 is 2.48 bits per heavy atom. The third-order valence-corrected chi connectivity index (χ3v) is 5.12. The topological polar surface area (TPSA) is 62.6 Å². The minimum Gasteiger partial charge on any atom is -0.462 e. The van der Waals surface area contributed by atoms with Crippen LogP contribution in [0.15, 0.2) is 24.5 Å². The first kappa shape index (κ1) is 19.6. The van der Waals surface area contributed by atoms with Gasteiger partial charge < -0.3 is 14.0 Å². The Hall–Kier alpha value is -2.19. The fourth-order valence-corrected chi connectivity index (χ4v) is 2.99. The van der Waals surface area contributed by atoms with Crippen LogP contribution in [0.2, 0.25) is 0 Å². The molecule has 1 aliphatic rings. The molecule has 1 saturated heterocycles. The summed E-state index contributed by atoms with van der Waals surface area (Å²) in [5.41, 5.74) is 0.985. The molecule has 0 radical (unpaired) electrons. The summed E-state index contributed by atoms with van der Waals surface area (Å²) in [4.78, 5) is 12.0. The van der Waals surface area contributed by atoms with E-state index in [9.17, 15) is 9.18 Å². The molecule has 0 saturated carbocycles. The highest BCUT2D eigenvalue weighted by atomic mass is 19.1. The average molecular weight is 374 g/mol. The SMILES string of the molecule is CCOC(=O)c1cnn(-c2c(C)cc(F)cc2B2OC(C)(C)C(C)(C)O2)c1. The third kappa shape index (κ3) is 3.51. The summed E-state index contributed by atoms with van der Waals surface area (Å²) in [5, 5.41) is 4.27. The lowest BCUT2D eigenvalue weighted by atomic mass is 9.76. The zero-order valence-corrected chi connectivity index (χ0v) is 16.5. The van der Waals surface area contributed by atoms with Crippen LogP contribution in [0.4, 0.5) is 4.39 Å². The van der Waals surface area contributed by atoms with Crippen molar-refractivity contribution in [1.82, 2.24) is 9.78 Å². The molecular formula is C19H24BFN2O4. The number of ether oxygens (including phenoxy) is 1. The van der Waals surface area contributed by atoms with Gasteiger partial charge in [-0.05, 0) is 59.2 Å². The normalized spacial score (nSPS) is 18.0. The number of nitrogens with zero attached hydrogens (tertiary/aromatic N) is 2. The summed E-state index contributed by atoms with van der Waals surface area (Å²) in [6.45, 7) is 11.5. The van der Waals surface area contributed by atoms with E-state index in [1.165, 1.54) is 23.0 Å². The highest BCUT2D eigenvalue weighted by Gasteiger charge is 2.52. The third-order valence-electron chi connectivity index (χ3n) is 5.12. The zero-order chi connectivity index (χ0) is 20.0. The van der Waals surface area contributed by atoms with Gasteiger partial charge in [0, 0.05) is 11.7 Å². The predicted molar refractivity (Wildman–Crippen MR) is 99.9 cm³/mol. The number of rotatable bonds is 4. The number of esters is 1. The van der Waals surface area contributed by atoms with Crippen LogP contribution < -0.4 is 5.46 Å². The van der Waals surface area contributed by atoms with Gasteiger partial charge >= 0.3 is 13.1 Å². The molecule has 1 aromatic heterocycles. The Bertz CT molecular complexity index is 863. The first-order chi connectivity index (χ1) is 12.6. The smallest absolute Gasteiger partial charge is 0.462 e. The summed E-state index contributed by atoms with van der Waals surface area (Å²) < 4.78 is 32.9. The second-order valence-electron chi connectivity index (χ2n) is 7.64. The van der Waals surface area contributed by atoms with E-state index in [0.29, 0.717) is 22.3 Å². The molecule has 0 spiro atoms. The van der Waals surface area contributed by atoms with Crippen molar-refractivity contribution in [2.75, 3.05) is 6.61 Å². The van der Waals surface area contributed by atoms with Crippen LogP contribution >= 0.6 is 0 Å². The van der Waals surface area contributed by atoms with Gasteiger partial charge in [-0.1, -0.05) is 0 Å². The Morgan fingerprint density at radius 2 is 1.89 bits per heavy atom. The molecule has 0 bridgehead atoms. The molecule has 144 valence electrons. The standard InChI is InChI=1S/C19H24BFN2O4/c1-7-25-17(24)13-10-22-23(11-13)16-12(2)8-14(21)9-15(16)20-26-18(3,4)19(5,6)27-20/h8-11H,7H2,1-6H3. The molecule has 1 fully saturated rings. The number of halogens is 1. The van der Waals surface area contributed by atoms with Crippen molar-refractivity contribution in [3.8, 4) is 5.69 Å². The van der Waals surface area contributed by atoms with Crippen LogP contribution in [0, 0.1) is 12.7 Å². The van der Waals surface area contributed by atoms with Crippen LogP contribution in [-0.2, 0) is 14.0 Å². The van der Waals surface area contributed by atoms with Crippen molar-refractivity contribution in [3.05, 3.63) is 41.5 Å². The van der Waals surface area contributed by atoms with Crippen molar-refractivity contribution in [2.45, 2.75) is 52.7 Å². The summed E-state index contributed by atoms with van der Waals surface area (Å²) in [7, 11) is -0.755. The largest absolute Gasteiger partial charge is 0.497 e. The molecule has 0 atom stereocenters. The highest BCUT2D eigenvalue weighted by molar-refractivity contribution is 6.63. The van der Waals surface area contributed by atoms with Gasteiger partial charge in [0.25, 0.3) is 0 Å². The predicted octanol–water partition coefficient (Wildman–Crippen LogP) is 2.80. The number of aryl methyl sites for hydroxylation is 1. The van der Waals surface area contributed by atoms with Gasteiger partial charge in [-0.3, -0.25) is 0 Å². The Balaban J connectivity index is 2.06. The van der Waals surface area contributed by atoms with Gasteiger partial charge in [0.2, 0.25) is 0 Å². The summed E-state index contributed by atoms with van der Waals surface area (Å²) in [6, 6.07) is 2.80. The van der Waals surface area contributed by atoms with E-state index in [1.807, 2.05) is 27.7 Å². The van der Waals surface area contributed by atoms with E-state index in [4.69, 9.17) is 14.0 Å². The fraction of sp³-hybridized carbons (Fsp3) is 0.474. The van der Waals surface area contributed by atoms with E-state index < -0.39 is 30.1 Å². The summed E-state index contributed by atoms with van der Waals surface area (Å²) in [5.74, 6) is -0.848. The number of carbonyl (C=O) groups is 1. The van der Waals surface area contributed by atoms with E-state index in [0.717, 1.165) is 0 Å². The maximum Gasteiger partial charge on any atom is 0.497 e. The first-order valence-electron chi connectivity index (χ1n) is 8.93. The van der Waals surface area contributed by atoms with Crippen LogP contribution in [-0.4, -0.2) is 40.7 Å². The molecule has 0 unspecified atom stereocenters. The van der Waals surface area contributed by atoms with Crippen molar-refractivity contribution < 1.29 is 23.2 Å². The van der Waals surface area contributed by atoms with E-state index in [2.05, 4.69) is 5.10 Å². The van der Waals surface area contributed by atoms with E-state index >= 15 is 0 Å². The molecule has 0 amide bonds. The van der Waals surface area contributed by atoms with Crippen LogP contribution in [0.3, 0.4) is 0 Å². The van der Waals surface area contributed by atoms with E-state index in [-0.39, 0.29) is 6.61 Å². The molecule has 0 aliphatic carbocycles. The van der Waals surface area contributed by atoms with Gasteiger partial charge in [-0.2, -0.15) is 5.10 Å². The second-order valence-corrected chi connectivity index (χ2v) is 7.64. The lowest BCUT2D eigenvalue weighted by Gasteiger charge is -2.32. The molecule has 1 aromatic carbocycles. The zero-order valence-electron chi connectivity index (χ0n) is 16.5. The van der Waals surface area contributed by atoms with Gasteiger partial charge in [-0.15, -0.1) is 0 Å². The summed E-state index contributed by atoms with van der Waals surface area (Å²) >= 11 is 0. The number of aromatic nitrogens is 2. The molecular weight excluding hydrogens is 350 g/mol. The minimum atomic E-state index is -0.755. The molecule has 0 N–H and O–H groups in total. The van der Waals surface area contributed by atoms with Crippen molar-refractivity contribution in [2.24, 2.45) is 0 Å². The van der Waals surface area contributed by atoms with Gasteiger partial charge in [0.1, 0.15) is 5.82 Å². The van der Waals surface area contributed by atoms with Crippen molar-refractivity contribution >= 4 is 18.6 Å². The second kappa shape index (κ2) is 6.76. The Morgan fingerprint density at radius 1 is 1.26 bits per heavy atom. The summed E-state index contributed by atoms with van der Waals surface area (Å²) in [6.07, 6.45) is 2.99. The van der Waals surface area contributed by atoms with Gasteiger partial charge in [0.05, 0.1) is 35.3 Å². The van der Waals surface area contributed by atoms with Crippen LogP contribution in [0.5, 0.6) is 0 Å². The minimum absolute atomic E-state index is 0.277. The molecule has 2 aromatic rings. The van der Waals surface area contributed by atoms with E-state index in [1.54, 1.807) is 20.0 Å². The lowest BCUT2D eigenvalue weighted by molar-refractivity contribution is 0.00578. The first-order valence-corrected chi connectivity index (χ1v) is 8.93.